The summed E-state index contributed by atoms with van der Waals surface area (Å²) in [7, 11) is 0. The number of nitrogens with one attached hydrogen (secondary N) is 1. The zero-order valence-corrected chi connectivity index (χ0v) is 13.0. The van der Waals surface area contributed by atoms with Gasteiger partial charge in [-0.25, -0.2) is 14.2 Å². The molecule has 1 aromatic carbocycles. The second-order valence-corrected chi connectivity index (χ2v) is 6.44. The molecule has 2 N–H and O–H groups in total. The first-order valence-corrected chi connectivity index (χ1v) is 8.12. The van der Waals surface area contributed by atoms with Gasteiger partial charge in [-0.05, 0) is 18.9 Å². The number of carboxylic acids is 1. The van der Waals surface area contributed by atoms with Crippen LogP contribution in [0, 0.1) is 5.82 Å². The van der Waals surface area contributed by atoms with E-state index in [1.54, 1.807) is 18.2 Å². The van der Waals surface area contributed by atoms with E-state index < -0.39 is 11.4 Å². The molecule has 0 atom stereocenters. The molecular weight excluding hydrogens is 319 g/mol. The zero-order chi connectivity index (χ0) is 16.4. The first-order valence-electron chi connectivity index (χ1n) is 7.24. The summed E-state index contributed by atoms with van der Waals surface area (Å²) < 4.78 is 13.9. The smallest absolute Gasteiger partial charge is 0.355 e. The first kappa shape index (κ1) is 15.6. The van der Waals surface area contributed by atoms with E-state index in [4.69, 9.17) is 5.11 Å². The summed E-state index contributed by atoms with van der Waals surface area (Å²) in [5.74, 6) is -1.60. The lowest BCUT2D eigenvalue weighted by molar-refractivity contribution is -0.123. The number of benzene rings is 1. The maximum atomic E-state index is 13.9. The highest BCUT2D eigenvalue weighted by molar-refractivity contribution is 7.09. The lowest BCUT2D eigenvalue weighted by atomic mass is 9.94. The molecular formula is C16H15FN2O3S. The minimum Gasteiger partial charge on any atom is -0.476 e. The number of carboxylic acid groups (broad SMARTS) is 1. The number of carbonyl (C=O) groups excluding carboxylic acids is 1. The second kappa shape index (κ2) is 6.08. The van der Waals surface area contributed by atoms with E-state index in [1.165, 1.54) is 22.8 Å². The van der Waals surface area contributed by atoms with Crippen LogP contribution in [0.25, 0.3) is 0 Å². The van der Waals surface area contributed by atoms with Gasteiger partial charge in [-0.1, -0.05) is 18.2 Å². The Morgan fingerprint density at radius 3 is 2.70 bits per heavy atom. The van der Waals surface area contributed by atoms with Crippen molar-refractivity contribution in [3.8, 4) is 0 Å². The third-order valence-corrected chi connectivity index (χ3v) is 4.88. The molecule has 0 spiro atoms. The van der Waals surface area contributed by atoms with Crippen LogP contribution in [0.3, 0.4) is 0 Å². The SMILES string of the molecule is O=C(O)c1csc(CCNC(=O)C2(c3ccccc3F)CC2)n1. The molecule has 3 rings (SSSR count). The highest BCUT2D eigenvalue weighted by atomic mass is 32.1. The Kier molecular flexibility index (Phi) is 4.12. The lowest BCUT2D eigenvalue weighted by Gasteiger charge is -2.16. The van der Waals surface area contributed by atoms with E-state index in [0.29, 0.717) is 36.4 Å². The molecule has 0 radical (unpaired) electrons. The third-order valence-electron chi connectivity index (χ3n) is 3.97. The Labute approximate surface area is 136 Å². The average Bonchev–Trinajstić information content (AvgIpc) is 3.19. The van der Waals surface area contributed by atoms with Gasteiger partial charge in [-0.15, -0.1) is 11.3 Å². The summed E-state index contributed by atoms with van der Waals surface area (Å²) in [6.07, 6.45) is 1.73. The molecule has 0 saturated heterocycles. The average molecular weight is 334 g/mol. The summed E-state index contributed by atoms with van der Waals surface area (Å²) in [5.41, 5.74) is -0.290. The first-order chi connectivity index (χ1) is 11.0. The van der Waals surface area contributed by atoms with Crippen LogP contribution in [0.1, 0.15) is 33.9 Å². The maximum Gasteiger partial charge on any atom is 0.355 e. The predicted octanol–water partition coefficient (Wildman–Crippen LogP) is 2.37. The Hall–Kier alpha value is -2.28. The Morgan fingerprint density at radius 1 is 1.35 bits per heavy atom. The van der Waals surface area contributed by atoms with Crippen molar-refractivity contribution in [3.05, 3.63) is 51.7 Å². The van der Waals surface area contributed by atoms with E-state index >= 15 is 0 Å². The molecule has 5 nitrogen and oxygen atoms in total. The summed E-state index contributed by atoms with van der Waals surface area (Å²) >= 11 is 1.25. The number of halogens is 1. The maximum absolute atomic E-state index is 13.9. The molecule has 0 bridgehead atoms. The van der Waals surface area contributed by atoms with E-state index in [0.717, 1.165) is 0 Å². The Bertz CT molecular complexity index is 755. The number of aromatic nitrogens is 1. The van der Waals surface area contributed by atoms with Crippen LogP contribution in [0.15, 0.2) is 29.6 Å². The number of aromatic carboxylic acids is 1. The van der Waals surface area contributed by atoms with Crippen molar-refractivity contribution >= 4 is 23.2 Å². The molecule has 1 saturated carbocycles. The zero-order valence-electron chi connectivity index (χ0n) is 12.2. The number of carbonyl (C=O) groups is 2. The number of hydrogen-bond acceptors (Lipinski definition) is 4. The quantitative estimate of drug-likeness (QED) is 0.850. The normalized spacial score (nSPS) is 15.2. The van der Waals surface area contributed by atoms with Crippen LogP contribution in [0.4, 0.5) is 4.39 Å². The molecule has 7 heteroatoms. The van der Waals surface area contributed by atoms with Crippen molar-refractivity contribution in [2.45, 2.75) is 24.7 Å². The molecule has 1 fully saturated rings. The van der Waals surface area contributed by atoms with E-state index in [2.05, 4.69) is 10.3 Å². The lowest BCUT2D eigenvalue weighted by Crippen LogP contribution is -2.36. The molecule has 1 aliphatic carbocycles. The Morgan fingerprint density at radius 2 is 2.09 bits per heavy atom. The topological polar surface area (TPSA) is 79.3 Å². The number of nitrogens with zero attached hydrogens (tertiary/aromatic N) is 1. The van der Waals surface area contributed by atoms with Gasteiger partial charge in [0.05, 0.1) is 10.4 Å². The molecule has 1 aromatic heterocycles. The van der Waals surface area contributed by atoms with Gasteiger partial charge in [0.25, 0.3) is 0 Å². The highest BCUT2D eigenvalue weighted by Gasteiger charge is 2.52. The summed E-state index contributed by atoms with van der Waals surface area (Å²) in [5, 5.41) is 13.8. The largest absolute Gasteiger partial charge is 0.476 e. The van der Waals surface area contributed by atoms with Crippen LogP contribution < -0.4 is 5.32 Å². The van der Waals surface area contributed by atoms with Gasteiger partial charge in [0.1, 0.15) is 5.82 Å². The van der Waals surface area contributed by atoms with Crippen LogP contribution in [-0.4, -0.2) is 28.5 Å². The van der Waals surface area contributed by atoms with Gasteiger partial charge in [0.2, 0.25) is 5.91 Å². The van der Waals surface area contributed by atoms with Crippen molar-refractivity contribution in [3.63, 3.8) is 0 Å². The highest BCUT2D eigenvalue weighted by Crippen LogP contribution is 2.49. The van der Waals surface area contributed by atoms with Gasteiger partial charge in [0, 0.05) is 23.9 Å². The second-order valence-electron chi connectivity index (χ2n) is 5.50. The predicted molar refractivity (Wildman–Crippen MR) is 83.1 cm³/mol. The van der Waals surface area contributed by atoms with Crippen molar-refractivity contribution < 1.29 is 19.1 Å². The standard InChI is InChI=1S/C16H15FN2O3S/c17-11-4-2-1-3-10(11)16(6-7-16)15(22)18-8-5-13-19-12(9-23-13)14(20)21/h1-4,9H,5-8H2,(H,18,22)(H,20,21). The molecule has 120 valence electrons. The summed E-state index contributed by atoms with van der Waals surface area (Å²) in [6.45, 7) is 0.349. The van der Waals surface area contributed by atoms with Crippen molar-refractivity contribution in [2.75, 3.05) is 6.54 Å². The summed E-state index contributed by atoms with van der Waals surface area (Å²) in [6, 6.07) is 6.36. The van der Waals surface area contributed by atoms with Crippen LogP contribution >= 0.6 is 11.3 Å². The fourth-order valence-electron chi connectivity index (χ4n) is 2.57. The van der Waals surface area contributed by atoms with Crippen molar-refractivity contribution in [1.82, 2.24) is 10.3 Å². The fraction of sp³-hybridized carbons (Fsp3) is 0.312. The van der Waals surface area contributed by atoms with E-state index in [1.807, 2.05) is 0 Å². The molecule has 2 aromatic rings. The number of hydrogen-bond donors (Lipinski definition) is 2. The van der Waals surface area contributed by atoms with Crippen LogP contribution in [-0.2, 0) is 16.6 Å². The Balaban J connectivity index is 1.59. The molecule has 1 amide bonds. The monoisotopic (exact) mass is 334 g/mol. The van der Waals surface area contributed by atoms with Gasteiger partial charge < -0.3 is 10.4 Å². The van der Waals surface area contributed by atoms with Gasteiger partial charge in [-0.2, -0.15) is 0 Å². The van der Waals surface area contributed by atoms with Gasteiger partial charge >= 0.3 is 5.97 Å². The minimum atomic E-state index is -1.06. The van der Waals surface area contributed by atoms with E-state index in [-0.39, 0.29) is 17.4 Å². The van der Waals surface area contributed by atoms with Crippen molar-refractivity contribution in [1.29, 1.82) is 0 Å². The molecule has 1 aliphatic rings. The number of amides is 1. The van der Waals surface area contributed by atoms with Crippen LogP contribution in [0.2, 0.25) is 0 Å². The van der Waals surface area contributed by atoms with Crippen molar-refractivity contribution in [2.24, 2.45) is 0 Å². The van der Waals surface area contributed by atoms with E-state index in [9.17, 15) is 14.0 Å². The molecule has 0 aliphatic heterocycles. The number of thiazole rings is 1. The van der Waals surface area contributed by atoms with Crippen LogP contribution in [0.5, 0.6) is 0 Å². The number of rotatable bonds is 6. The molecule has 23 heavy (non-hydrogen) atoms. The van der Waals surface area contributed by atoms with Gasteiger partial charge in [0.15, 0.2) is 5.69 Å². The fourth-order valence-corrected chi connectivity index (χ4v) is 3.34. The van der Waals surface area contributed by atoms with Gasteiger partial charge in [-0.3, -0.25) is 4.79 Å². The molecule has 1 heterocycles. The summed E-state index contributed by atoms with van der Waals surface area (Å²) in [4.78, 5) is 27.1. The third kappa shape index (κ3) is 3.10. The minimum absolute atomic E-state index is 0.0151. The molecule has 0 unspecified atom stereocenters.